The van der Waals surface area contributed by atoms with Crippen molar-refractivity contribution < 1.29 is 0 Å². The van der Waals surface area contributed by atoms with Gasteiger partial charge in [0.2, 0.25) is 0 Å². The van der Waals surface area contributed by atoms with Crippen molar-refractivity contribution in [3.8, 4) is 0 Å². The van der Waals surface area contributed by atoms with Gasteiger partial charge in [0.15, 0.2) is 0 Å². The minimum Gasteiger partial charge on any atom is -0.0582 e. The van der Waals surface area contributed by atoms with Crippen molar-refractivity contribution in [1.82, 2.24) is 0 Å². The first-order chi connectivity index (χ1) is 10.4. The summed E-state index contributed by atoms with van der Waals surface area (Å²) in [5, 5.41) is 0. The molecule has 0 nitrogen and oxygen atoms in total. The van der Waals surface area contributed by atoms with Crippen LogP contribution in [0.25, 0.3) is 0 Å². The van der Waals surface area contributed by atoms with Gasteiger partial charge >= 0.3 is 0 Å². The van der Waals surface area contributed by atoms with Crippen molar-refractivity contribution in [3.63, 3.8) is 0 Å². The molecule has 0 heteroatoms. The molecule has 0 amide bonds. The van der Waals surface area contributed by atoms with E-state index >= 15 is 0 Å². The molecule has 0 aliphatic carbocycles. The molecule has 0 N–H and O–H groups in total. The van der Waals surface area contributed by atoms with Gasteiger partial charge < -0.3 is 0 Å². The minimum absolute atomic E-state index is 0.0207. The predicted octanol–water partition coefficient (Wildman–Crippen LogP) is 6.61. The first kappa shape index (κ1) is 17.8. The first-order valence-corrected chi connectivity index (χ1v) is 8.64. The molecule has 0 saturated carbocycles. The quantitative estimate of drug-likeness (QED) is 0.585. The maximum absolute atomic E-state index is 2.31. The summed E-state index contributed by atoms with van der Waals surface area (Å²) in [6.45, 7) is 18.2. The highest BCUT2D eigenvalue weighted by molar-refractivity contribution is 5.41. The van der Waals surface area contributed by atoms with Crippen LogP contribution in [0.5, 0.6) is 0 Å². The highest BCUT2D eigenvalue weighted by Gasteiger charge is 2.24. The van der Waals surface area contributed by atoms with Gasteiger partial charge in [0.25, 0.3) is 0 Å². The fourth-order valence-corrected chi connectivity index (χ4v) is 2.94. The molecule has 0 saturated heterocycles. The van der Waals surface area contributed by atoms with E-state index < -0.39 is 0 Å². The fourth-order valence-electron chi connectivity index (χ4n) is 2.94. The zero-order chi connectivity index (χ0) is 17.5. The molecule has 23 heavy (non-hydrogen) atoms. The lowest BCUT2D eigenvalue weighted by molar-refractivity contribution is 0.584. The van der Waals surface area contributed by atoms with Crippen LogP contribution >= 0.6 is 0 Å². The maximum atomic E-state index is 2.31. The Kier molecular flexibility index (Phi) is 4.50. The van der Waals surface area contributed by atoms with Gasteiger partial charge in [-0.15, -0.1) is 0 Å². The Morgan fingerprint density at radius 2 is 0.609 bits per heavy atom. The van der Waals surface area contributed by atoms with Gasteiger partial charge in [0.05, 0.1) is 0 Å². The van der Waals surface area contributed by atoms with E-state index in [1.807, 2.05) is 0 Å². The Morgan fingerprint density at radius 3 is 0.826 bits per heavy atom. The molecule has 2 aromatic carbocycles. The van der Waals surface area contributed by atoms with Crippen LogP contribution < -0.4 is 0 Å². The number of hydrogen-bond acceptors (Lipinski definition) is 0. The van der Waals surface area contributed by atoms with Gasteiger partial charge in [-0.05, 0) is 33.1 Å². The van der Waals surface area contributed by atoms with Crippen LogP contribution in [-0.2, 0) is 16.2 Å². The largest absolute Gasteiger partial charge is 0.0582 e. The topological polar surface area (TPSA) is 0 Å². The number of rotatable bonds is 2. The summed E-state index contributed by atoms with van der Waals surface area (Å²) >= 11 is 0. The van der Waals surface area contributed by atoms with Crippen molar-refractivity contribution in [2.75, 3.05) is 0 Å². The molecule has 0 unspecified atom stereocenters. The highest BCUT2D eigenvalue weighted by atomic mass is 14.3. The third kappa shape index (κ3) is 3.86. The molecular weight excluding hydrogens is 276 g/mol. The van der Waals surface area contributed by atoms with E-state index in [2.05, 4.69) is 104 Å². The summed E-state index contributed by atoms with van der Waals surface area (Å²) in [6, 6.07) is 18.3. The van der Waals surface area contributed by atoms with Gasteiger partial charge in [-0.3, -0.25) is 0 Å². The lowest BCUT2D eigenvalue weighted by Gasteiger charge is -2.28. The molecule has 0 aromatic heterocycles. The first-order valence-electron chi connectivity index (χ1n) is 8.64. The van der Waals surface area contributed by atoms with Crippen LogP contribution in [0.1, 0.15) is 77.6 Å². The van der Waals surface area contributed by atoms with E-state index in [0.717, 1.165) is 0 Å². The van der Waals surface area contributed by atoms with Gasteiger partial charge in [-0.2, -0.15) is 0 Å². The van der Waals surface area contributed by atoms with Gasteiger partial charge in [-0.25, -0.2) is 0 Å². The summed E-state index contributed by atoms with van der Waals surface area (Å²) in [5.74, 6) is 0. The van der Waals surface area contributed by atoms with E-state index in [-0.39, 0.29) is 16.2 Å². The Hall–Kier alpha value is -1.56. The summed E-state index contributed by atoms with van der Waals surface area (Å²) in [7, 11) is 0. The van der Waals surface area contributed by atoms with Crippen molar-refractivity contribution in [2.45, 2.75) is 71.6 Å². The molecule has 0 spiro atoms. The molecule has 124 valence electrons. The normalized spacial score (nSPS) is 13.2. The lowest BCUT2D eigenvalue weighted by atomic mass is 9.75. The van der Waals surface area contributed by atoms with Gasteiger partial charge in [0, 0.05) is 5.41 Å². The van der Waals surface area contributed by atoms with E-state index in [0.29, 0.717) is 0 Å². The molecule has 0 aliphatic heterocycles. The van der Waals surface area contributed by atoms with Crippen LogP contribution in [0, 0.1) is 0 Å². The Labute approximate surface area is 143 Å². The minimum atomic E-state index is 0.0207. The van der Waals surface area contributed by atoms with E-state index in [1.54, 1.807) is 0 Å². The second-order valence-corrected chi connectivity index (χ2v) is 9.28. The molecule has 0 aliphatic rings. The molecule has 0 atom stereocenters. The summed E-state index contributed by atoms with van der Waals surface area (Å²) in [6.07, 6.45) is 0. The van der Waals surface area contributed by atoms with Gasteiger partial charge in [0.1, 0.15) is 0 Å². The van der Waals surface area contributed by atoms with Crippen LogP contribution in [0.3, 0.4) is 0 Å². The number of hydrogen-bond donors (Lipinski definition) is 0. The zero-order valence-electron chi connectivity index (χ0n) is 16.1. The molecule has 0 radical (unpaired) electrons. The summed E-state index contributed by atoms with van der Waals surface area (Å²) < 4.78 is 0. The van der Waals surface area contributed by atoms with Crippen LogP contribution in [0.15, 0.2) is 48.5 Å². The molecular formula is C23H32. The SMILES string of the molecule is CC(C)(C)c1ccc(C(C)(C)c2ccc(C(C)(C)C)cc2)cc1. The lowest BCUT2D eigenvalue weighted by Crippen LogP contribution is -2.20. The highest BCUT2D eigenvalue weighted by Crippen LogP contribution is 2.34. The molecule has 0 heterocycles. The molecule has 0 bridgehead atoms. The van der Waals surface area contributed by atoms with Crippen molar-refractivity contribution in [1.29, 1.82) is 0 Å². The van der Waals surface area contributed by atoms with E-state index in [1.165, 1.54) is 22.3 Å². The van der Waals surface area contributed by atoms with Crippen LogP contribution in [0.2, 0.25) is 0 Å². The second-order valence-electron chi connectivity index (χ2n) is 9.28. The smallest absolute Gasteiger partial charge is 0.0146 e. The monoisotopic (exact) mass is 308 g/mol. The second kappa shape index (κ2) is 5.82. The van der Waals surface area contributed by atoms with E-state index in [4.69, 9.17) is 0 Å². The maximum Gasteiger partial charge on any atom is 0.0146 e. The summed E-state index contributed by atoms with van der Waals surface area (Å²) in [4.78, 5) is 0. The van der Waals surface area contributed by atoms with Crippen molar-refractivity contribution in [2.24, 2.45) is 0 Å². The molecule has 2 rings (SSSR count). The Bertz CT molecular complexity index is 582. The van der Waals surface area contributed by atoms with E-state index in [9.17, 15) is 0 Å². The predicted molar refractivity (Wildman–Crippen MR) is 102 cm³/mol. The van der Waals surface area contributed by atoms with Gasteiger partial charge in [-0.1, -0.05) is 104 Å². The third-order valence-electron chi connectivity index (χ3n) is 4.95. The average Bonchev–Trinajstić information content (AvgIpc) is 2.46. The number of benzene rings is 2. The molecule has 2 aromatic rings. The third-order valence-corrected chi connectivity index (χ3v) is 4.95. The Morgan fingerprint density at radius 1 is 0.391 bits per heavy atom. The fraction of sp³-hybridized carbons (Fsp3) is 0.478. The van der Waals surface area contributed by atoms with Crippen molar-refractivity contribution in [3.05, 3.63) is 70.8 Å². The standard InChI is InChI=1S/C23H32/c1-21(2,3)17-9-13-19(14-10-17)23(7,8)20-15-11-18(12-16-20)22(4,5)6/h9-16H,1-8H3. The van der Waals surface area contributed by atoms with Crippen LogP contribution in [-0.4, -0.2) is 0 Å². The molecule has 0 fully saturated rings. The zero-order valence-corrected chi connectivity index (χ0v) is 16.1. The van der Waals surface area contributed by atoms with Crippen molar-refractivity contribution >= 4 is 0 Å². The average molecular weight is 309 g/mol. The Balaban J connectivity index is 2.34. The van der Waals surface area contributed by atoms with Crippen LogP contribution in [0.4, 0.5) is 0 Å². The summed E-state index contributed by atoms with van der Waals surface area (Å²) in [5.41, 5.74) is 5.95.